The molecule has 0 aliphatic heterocycles. The van der Waals surface area contributed by atoms with Crippen molar-refractivity contribution in [2.75, 3.05) is 14.1 Å². The second-order valence-corrected chi connectivity index (χ2v) is 3.46. The zero-order chi connectivity index (χ0) is 11.7. The topological polar surface area (TPSA) is 61.9 Å². The Kier molecular flexibility index (Phi) is 7.01. The van der Waals surface area contributed by atoms with Crippen molar-refractivity contribution in [3.63, 3.8) is 0 Å². The SMILES string of the molecule is CC(N)=NO.CN(C)Cc1ccccc1. The minimum absolute atomic E-state index is 0.185. The van der Waals surface area contributed by atoms with E-state index in [4.69, 9.17) is 10.9 Å². The number of rotatable bonds is 2. The van der Waals surface area contributed by atoms with Crippen molar-refractivity contribution in [3.05, 3.63) is 35.9 Å². The van der Waals surface area contributed by atoms with Crippen molar-refractivity contribution in [1.82, 2.24) is 4.90 Å². The summed E-state index contributed by atoms with van der Waals surface area (Å²) in [7, 11) is 4.15. The van der Waals surface area contributed by atoms with E-state index in [-0.39, 0.29) is 5.84 Å². The zero-order valence-electron chi connectivity index (χ0n) is 9.51. The molecule has 1 aromatic rings. The number of benzene rings is 1. The maximum absolute atomic E-state index is 7.61. The van der Waals surface area contributed by atoms with Crippen LogP contribution < -0.4 is 5.73 Å². The molecular formula is C11H19N3O. The highest BCUT2D eigenvalue weighted by molar-refractivity contribution is 5.76. The van der Waals surface area contributed by atoms with E-state index in [0.29, 0.717) is 0 Å². The second-order valence-electron chi connectivity index (χ2n) is 3.46. The second kappa shape index (κ2) is 7.82. The molecule has 4 nitrogen and oxygen atoms in total. The molecule has 1 aromatic carbocycles. The molecule has 0 amide bonds. The van der Waals surface area contributed by atoms with Gasteiger partial charge in [-0.1, -0.05) is 35.5 Å². The molecule has 0 saturated heterocycles. The molecule has 0 spiro atoms. The van der Waals surface area contributed by atoms with Gasteiger partial charge in [0.25, 0.3) is 0 Å². The summed E-state index contributed by atoms with van der Waals surface area (Å²) in [6.45, 7) is 2.53. The van der Waals surface area contributed by atoms with E-state index in [0.717, 1.165) is 6.54 Å². The van der Waals surface area contributed by atoms with Crippen LogP contribution >= 0.6 is 0 Å². The highest BCUT2D eigenvalue weighted by atomic mass is 16.4. The number of nitrogens with two attached hydrogens (primary N) is 1. The summed E-state index contributed by atoms with van der Waals surface area (Å²) in [5.41, 5.74) is 6.16. The predicted octanol–water partition coefficient (Wildman–Crippen LogP) is 1.50. The van der Waals surface area contributed by atoms with Gasteiger partial charge in [-0.05, 0) is 26.6 Å². The van der Waals surface area contributed by atoms with Crippen molar-refractivity contribution in [2.24, 2.45) is 10.9 Å². The first-order valence-electron chi connectivity index (χ1n) is 4.69. The van der Waals surface area contributed by atoms with Crippen LogP contribution in [0.25, 0.3) is 0 Å². The molecule has 0 atom stereocenters. The van der Waals surface area contributed by atoms with Gasteiger partial charge in [-0.25, -0.2) is 0 Å². The molecule has 4 heteroatoms. The normalized spacial score (nSPS) is 10.8. The summed E-state index contributed by atoms with van der Waals surface area (Å²) in [5, 5.41) is 10.2. The average Bonchev–Trinajstić information content (AvgIpc) is 2.19. The first kappa shape index (κ1) is 13.4. The quantitative estimate of drug-likeness (QED) is 0.336. The third kappa shape index (κ3) is 8.77. The molecule has 0 unspecified atom stereocenters. The van der Waals surface area contributed by atoms with E-state index in [9.17, 15) is 0 Å². The van der Waals surface area contributed by atoms with Crippen LogP contribution in [0.2, 0.25) is 0 Å². The first-order chi connectivity index (χ1) is 7.06. The van der Waals surface area contributed by atoms with Crippen LogP contribution in [0.1, 0.15) is 12.5 Å². The maximum atomic E-state index is 7.61. The van der Waals surface area contributed by atoms with Gasteiger partial charge in [-0.3, -0.25) is 0 Å². The van der Waals surface area contributed by atoms with Crippen molar-refractivity contribution < 1.29 is 5.21 Å². The van der Waals surface area contributed by atoms with E-state index in [1.807, 2.05) is 6.07 Å². The van der Waals surface area contributed by atoms with E-state index < -0.39 is 0 Å². The summed E-state index contributed by atoms with van der Waals surface area (Å²) in [6, 6.07) is 10.5. The van der Waals surface area contributed by atoms with Crippen molar-refractivity contribution in [3.8, 4) is 0 Å². The van der Waals surface area contributed by atoms with Crippen LogP contribution in [0.3, 0.4) is 0 Å². The molecule has 0 radical (unpaired) electrons. The van der Waals surface area contributed by atoms with Gasteiger partial charge in [-0.15, -0.1) is 0 Å². The summed E-state index contributed by atoms with van der Waals surface area (Å²) in [6.07, 6.45) is 0. The van der Waals surface area contributed by atoms with Gasteiger partial charge in [-0.2, -0.15) is 0 Å². The molecule has 15 heavy (non-hydrogen) atoms. The highest BCUT2D eigenvalue weighted by Crippen LogP contribution is 1.99. The lowest BCUT2D eigenvalue weighted by atomic mass is 10.2. The maximum Gasteiger partial charge on any atom is 0.135 e. The Morgan fingerprint density at radius 2 is 1.80 bits per heavy atom. The van der Waals surface area contributed by atoms with E-state index in [2.05, 4.69) is 48.4 Å². The third-order valence-corrected chi connectivity index (χ3v) is 1.50. The van der Waals surface area contributed by atoms with Crippen LogP contribution in [0.4, 0.5) is 0 Å². The summed E-state index contributed by atoms with van der Waals surface area (Å²) in [5.74, 6) is 0.185. The molecule has 0 aromatic heterocycles. The molecular weight excluding hydrogens is 190 g/mol. The van der Waals surface area contributed by atoms with Crippen molar-refractivity contribution in [2.45, 2.75) is 13.5 Å². The Hall–Kier alpha value is -1.55. The lowest BCUT2D eigenvalue weighted by molar-refractivity contribution is 0.318. The predicted molar refractivity (Wildman–Crippen MR) is 62.9 cm³/mol. The van der Waals surface area contributed by atoms with Gasteiger partial charge in [0, 0.05) is 6.54 Å². The lowest BCUT2D eigenvalue weighted by Gasteiger charge is -2.08. The van der Waals surface area contributed by atoms with Crippen LogP contribution in [0.5, 0.6) is 0 Å². The molecule has 1 rings (SSSR count). The zero-order valence-corrected chi connectivity index (χ0v) is 9.51. The number of oxime groups is 1. The van der Waals surface area contributed by atoms with Gasteiger partial charge in [0.2, 0.25) is 0 Å². The molecule has 0 fully saturated rings. The Morgan fingerprint density at radius 1 is 1.33 bits per heavy atom. The average molecular weight is 209 g/mol. The largest absolute Gasteiger partial charge is 0.409 e. The first-order valence-corrected chi connectivity index (χ1v) is 4.69. The fraction of sp³-hybridized carbons (Fsp3) is 0.364. The summed E-state index contributed by atoms with van der Waals surface area (Å²) >= 11 is 0. The minimum atomic E-state index is 0.185. The van der Waals surface area contributed by atoms with Crippen LogP contribution in [-0.4, -0.2) is 30.0 Å². The van der Waals surface area contributed by atoms with Crippen LogP contribution in [-0.2, 0) is 6.54 Å². The van der Waals surface area contributed by atoms with Crippen molar-refractivity contribution in [1.29, 1.82) is 0 Å². The number of hydrogen-bond donors (Lipinski definition) is 2. The fourth-order valence-corrected chi connectivity index (χ4v) is 0.949. The number of amidine groups is 1. The Labute approximate surface area is 91.0 Å². The molecule has 0 aliphatic rings. The van der Waals surface area contributed by atoms with Gasteiger partial charge < -0.3 is 15.8 Å². The Bertz CT molecular complexity index is 279. The summed E-state index contributed by atoms with van der Waals surface area (Å²) in [4.78, 5) is 2.16. The molecule has 0 heterocycles. The van der Waals surface area contributed by atoms with Gasteiger partial charge in [0.1, 0.15) is 5.84 Å². The smallest absolute Gasteiger partial charge is 0.135 e. The highest BCUT2D eigenvalue weighted by Gasteiger charge is 1.90. The van der Waals surface area contributed by atoms with E-state index in [1.54, 1.807) is 0 Å². The Balaban J connectivity index is 0.000000336. The molecule has 0 bridgehead atoms. The number of nitrogens with zero attached hydrogens (tertiary/aromatic N) is 2. The fourth-order valence-electron chi connectivity index (χ4n) is 0.949. The van der Waals surface area contributed by atoms with E-state index in [1.165, 1.54) is 12.5 Å². The molecule has 0 aliphatic carbocycles. The Morgan fingerprint density at radius 3 is 2.13 bits per heavy atom. The summed E-state index contributed by atoms with van der Waals surface area (Å²) < 4.78 is 0. The third-order valence-electron chi connectivity index (χ3n) is 1.50. The molecule has 3 N–H and O–H groups in total. The van der Waals surface area contributed by atoms with Gasteiger partial charge in [0.05, 0.1) is 0 Å². The van der Waals surface area contributed by atoms with E-state index >= 15 is 0 Å². The van der Waals surface area contributed by atoms with Crippen molar-refractivity contribution >= 4 is 5.84 Å². The van der Waals surface area contributed by atoms with Crippen LogP contribution in [0.15, 0.2) is 35.5 Å². The standard InChI is InChI=1S/C9H13N.C2H6N2O/c1-10(2)8-9-6-4-3-5-7-9;1-2(3)4-5/h3-7H,8H2,1-2H3;5H,1H3,(H2,3,4). The monoisotopic (exact) mass is 209 g/mol. The molecule has 0 saturated carbocycles. The molecule has 84 valence electrons. The lowest BCUT2D eigenvalue weighted by Crippen LogP contribution is -2.10. The van der Waals surface area contributed by atoms with Gasteiger partial charge in [0.15, 0.2) is 0 Å². The minimum Gasteiger partial charge on any atom is -0.409 e. The van der Waals surface area contributed by atoms with Crippen LogP contribution in [0, 0.1) is 0 Å². The number of hydrogen-bond acceptors (Lipinski definition) is 3. The van der Waals surface area contributed by atoms with Gasteiger partial charge >= 0.3 is 0 Å².